The number of hydrogen-bond acceptors (Lipinski definition) is 4. The first-order valence-corrected chi connectivity index (χ1v) is 8.97. The fourth-order valence-corrected chi connectivity index (χ4v) is 3.03. The van der Waals surface area contributed by atoms with Gasteiger partial charge in [-0.15, -0.1) is 0 Å². The molecule has 1 aromatic carbocycles. The predicted molar refractivity (Wildman–Crippen MR) is 104 cm³/mol. The zero-order valence-corrected chi connectivity index (χ0v) is 15.6. The van der Waals surface area contributed by atoms with Crippen molar-refractivity contribution in [1.82, 2.24) is 9.97 Å². The van der Waals surface area contributed by atoms with Gasteiger partial charge in [-0.2, -0.15) is 0 Å². The van der Waals surface area contributed by atoms with Gasteiger partial charge in [-0.05, 0) is 35.2 Å². The van der Waals surface area contributed by atoms with Crippen molar-refractivity contribution in [2.45, 2.75) is 26.2 Å². The maximum Gasteiger partial charge on any atom is 0.273 e. The van der Waals surface area contributed by atoms with Gasteiger partial charge in [0.25, 0.3) is 11.8 Å². The number of H-pyrrole nitrogens is 1. The van der Waals surface area contributed by atoms with Gasteiger partial charge in [-0.25, -0.2) is 4.98 Å². The molecule has 0 unspecified atom stereocenters. The molecule has 0 saturated carbocycles. The van der Waals surface area contributed by atoms with Crippen molar-refractivity contribution in [3.63, 3.8) is 0 Å². The Morgan fingerprint density at radius 1 is 1.04 bits per heavy atom. The number of nitrogens with zero attached hydrogens (tertiary/aromatic N) is 1. The molecule has 3 N–H and O–H groups in total. The number of rotatable bonds is 4. The summed E-state index contributed by atoms with van der Waals surface area (Å²) in [5.41, 5.74) is 2.41. The molecular weight excluding hydrogens is 348 g/mol. The lowest BCUT2D eigenvalue weighted by Gasteiger charge is -2.19. The van der Waals surface area contributed by atoms with E-state index < -0.39 is 0 Å². The number of aromatic amines is 1. The van der Waals surface area contributed by atoms with E-state index in [0.29, 0.717) is 21.4 Å². The van der Waals surface area contributed by atoms with Crippen molar-refractivity contribution in [1.29, 1.82) is 0 Å². The molecule has 2 aromatic heterocycles. The van der Waals surface area contributed by atoms with E-state index in [0.717, 1.165) is 11.3 Å². The molecule has 0 bridgehead atoms. The summed E-state index contributed by atoms with van der Waals surface area (Å²) in [6.45, 7) is 6.42. The number of amides is 2. The molecule has 3 aromatic rings. The van der Waals surface area contributed by atoms with Gasteiger partial charge >= 0.3 is 0 Å². The second-order valence-corrected chi connectivity index (χ2v) is 7.88. The fourth-order valence-electron chi connectivity index (χ4n) is 2.32. The lowest BCUT2D eigenvalue weighted by atomic mass is 9.87. The Morgan fingerprint density at radius 3 is 2.38 bits per heavy atom. The minimum Gasteiger partial charge on any atom is -0.357 e. The number of aromatic nitrogens is 2. The first kappa shape index (κ1) is 17.9. The minimum atomic E-state index is -0.297. The van der Waals surface area contributed by atoms with Crippen molar-refractivity contribution in [2.24, 2.45) is 0 Å². The van der Waals surface area contributed by atoms with Gasteiger partial charge in [0.05, 0.1) is 6.20 Å². The Hall–Kier alpha value is -2.93. The Morgan fingerprint density at radius 2 is 1.77 bits per heavy atom. The van der Waals surface area contributed by atoms with Crippen LogP contribution in [-0.2, 0) is 5.41 Å². The van der Waals surface area contributed by atoms with Crippen LogP contribution >= 0.6 is 11.3 Å². The molecule has 134 valence electrons. The van der Waals surface area contributed by atoms with Crippen LogP contribution < -0.4 is 10.6 Å². The van der Waals surface area contributed by atoms with Crippen LogP contribution in [0.5, 0.6) is 0 Å². The maximum absolute atomic E-state index is 12.4. The van der Waals surface area contributed by atoms with E-state index in [-0.39, 0.29) is 17.2 Å². The Labute approximate surface area is 155 Å². The third-order valence-corrected chi connectivity index (χ3v) is 4.71. The van der Waals surface area contributed by atoms with E-state index in [1.807, 2.05) is 24.3 Å². The predicted octanol–water partition coefficient (Wildman–Crippen LogP) is 4.27. The third kappa shape index (κ3) is 4.18. The Balaban J connectivity index is 1.64. The highest BCUT2D eigenvalue weighted by molar-refractivity contribution is 7.17. The van der Waals surface area contributed by atoms with E-state index in [1.54, 1.807) is 18.3 Å². The summed E-state index contributed by atoms with van der Waals surface area (Å²) in [7, 11) is 0. The first-order chi connectivity index (χ1) is 12.3. The molecule has 0 spiro atoms. The number of thiazole rings is 1. The van der Waals surface area contributed by atoms with Crippen LogP contribution in [0.2, 0.25) is 0 Å². The highest BCUT2D eigenvalue weighted by Gasteiger charge is 2.15. The van der Waals surface area contributed by atoms with Crippen LogP contribution in [-0.4, -0.2) is 21.8 Å². The van der Waals surface area contributed by atoms with Gasteiger partial charge in [-0.3, -0.25) is 14.9 Å². The summed E-state index contributed by atoms with van der Waals surface area (Å²) in [5.74, 6) is -0.555. The van der Waals surface area contributed by atoms with E-state index in [1.165, 1.54) is 11.8 Å². The lowest BCUT2D eigenvalue weighted by molar-refractivity contribution is 0.101. The second kappa shape index (κ2) is 7.13. The summed E-state index contributed by atoms with van der Waals surface area (Å²) in [6, 6.07) is 11.2. The summed E-state index contributed by atoms with van der Waals surface area (Å²) in [5, 5.41) is 5.88. The van der Waals surface area contributed by atoms with Crippen molar-refractivity contribution in [3.05, 3.63) is 64.9 Å². The third-order valence-electron chi connectivity index (χ3n) is 3.80. The average molecular weight is 368 g/mol. The topological polar surface area (TPSA) is 86.9 Å². The van der Waals surface area contributed by atoms with Crippen molar-refractivity contribution in [2.75, 3.05) is 10.6 Å². The fraction of sp³-hybridized carbons (Fsp3) is 0.211. The number of carbonyl (C=O) groups is 2. The highest BCUT2D eigenvalue weighted by Crippen LogP contribution is 2.24. The van der Waals surface area contributed by atoms with Gasteiger partial charge in [0.1, 0.15) is 10.6 Å². The van der Waals surface area contributed by atoms with Gasteiger partial charge in [-0.1, -0.05) is 44.2 Å². The van der Waals surface area contributed by atoms with Gasteiger partial charge in [0, 0.05) is 11.9 Å². The van der Waals surface area contributed by atoms with Crippen LogP contribution in [0.25, 0.3) is 0 Å². The largest absolute Gasteiger partial charge is 0.357 e. The monoisotopic (exact) mass is 368 g/mol. The lowest BCUT2D eigenvalue weighted by Crippen LogP contribution is -2.13. The Bertz CT molecular complexity index is 906. The van der Waals surface area contributed by atoms with Crippen molar-refractivity contribution < 1.29 is 9.59 Å². The summed E-state index contributed by atoms with van der Waals surface area (Å²) >= 11 is 1.12. The van der Waals surface area contributed by atoms with Crippen LogP contribution in [0.15, 0.2) is 48.8 Å². The summed E-state index contributed by atoms with van der Waals surface area (Å²) in [4.78, 5) is 31.7. The van der Waals surface area contributed by atoms with Gasteiger partial charge in [0.2, 0.25) is 0 Å². The standard InChI is InChI=1S/C19H20N4O2S/c1-19(2,3)12-6-8-13(9-7-12)22-17(25)15-11-21-18(26-15)23-16(24)14-5-4-10-20-14/h4-11,20H,1-3H3,(H,22,25)(H,21,23,24). The molecule has 26 heavy (non-hydrogen) atoms. The quantitative estimate of drug-likeness (QED) is 0.642. The minimum absolute atomic E-state index is 0.0620. The van der Waals surface area contributed by atoms with Crippen LogP contribution in [0, 0.1) is 0 Å². The first-order valence-electron chi connectivity index (χ1n) is 8.15. The molecule has 2 amide bonds. The molecule has 7 heteroatoms. The van der Waals surface area contributed by atoms with Gasteiger partial charge < -0.3 is 10.3 Å². The number of hydrogen-bond donors (Lipinski definition) is 3. The molecule has 3 rings (SSSR count). The van der Waals surface area contributed by atoms with E-state index in [9.17, 15) is 9.59 Å². The van der Waals surface area contributed by atoms with Crippen LogP contribution in [0.4, 0.5) is 10.8 Å². The van der Waals surface area contributed by atoms with Crippen molar-refractivity contribution >= 4 is 34.0 Å². The smallest absolute Gasteiger partial charge is 0.273 e. The number of carbonyl (C=O) groups excluding carboxylic acids is 2. The summed E-state index contributed by atoms with van der Waals surface area (Å²) < 4.78 is 0. The Kier molecular flexibility index (Phi) is 4.90. The number of benzene rings is 1. The second-order valence-electron chi connectivity index (χ2n) is 6.85. The highest BCUT2D eigenvalue weighted by atomic mass is 32.1. The van der Waals surface area contributed by atoms with Crippen LogP contribution in [0.3, 0.4) is 0 Å². The maximum atomic E-state index is 12.4. The SMILES string of the molecule is CC(C)(C)c1ccc(NC(=O)c2cnc(NC(=O)c3ccc[nH]3)s2)cc1. The molecule has 0 radical (unpaired) electrons. The van der Waals surface area contributed by atoms with E-state index >= 15 is 0 Å². The molecule has 6 nitrogen and oxygen atoms in total. The molecule has 0 aliphatic heterocycles. The molecule has 0 saturated heterocycles. The number of anilines is 2. The zero-order valence-electron chi connectivity index (χ0n) is 14.8. The summed E-state index contributed by atoms with van der Waals surface area (Å²) in [6.07, 6.45) is 3.12. The molecular formula is C19H20N4O2S. The number of nitrogens with one attached hydrogen (secondary N) is 3. The molecule has 0 aliphatic rings. The van der Waals surface area contributed by atoms with Crippen LogP contribution in [0.1, 0.15) is 46.5 Å². The van der Waals surface area contributed by atoms with Gasteiger partial charge in [0.15, 0.2) is 5.13 Å². The molecule has 0 atom stereocenters. The molecule has 0 aliphatic carbocycles. The average Bonchev–Trinajstić information content (AvgIpc) is 3.26. The normalized spacial score (nSPS) is 11.2. The zero-order chi connectivity index (χ0) is 18.7. The van der Waals surface area contributed by atoms with E-state index in [2.05, 4.69) is 41.4 Å². The van der Waals surface area contributed by atoms with E-state index in [4.69, 9.17) is 0 Å². The molecule has 2 heterocycles. The molecule has 0 fully saturated rings. The van der Waals surface area contributed by atoms with Crippen molar-refractivity contribution in [3.8, 4) is 0 Å².